The average Bonchev–Trinajstić information content (AvgIpc) is 3.09. The van der Waals surface area contributed by atoms with Gasteiger partial charge in [-0.25, -0.2) is 4.68 Å². The molecule has 0 amide bonds. The maximum atomic E-state index is 5.87. The van der Waals surface area contributed by atoms with E-state index in [1.165, 1.54) is 18.4 Å². The van der Waals surface area contributed by atoms with E-state index in [-0.39, 0.29) is 0 Å². The number of aromatic nitrogens is 2. The van der Waals surface area contributed by atoms with E-state index in [0.29, 0.717) is 12.1 Å². The molecule has 2 aromatic rings. The Bertz CT molecular complexity index is 591. The Morgan fingerprint density at radius 2 is 2.05 bits per heavy atom. The first-order chi connectivity index (χ1) is 10.4. The Kier molecular flexibility index (Phi) is 3.49. The molecular formula is C17H21N3O. The molecule has 4 nitrogen and oxygen atoms in total. The molecule has 1 saturated carbocycles. The molecule has 1 N–H and O–H groups in total. The number of benzene rings is 1. The molecule has 0 bridgehead atoms. The van der Waals surface area contributed by atoms with E-state index in [0.717, 1.165) is 31.2 Å². The van der Waals surface area contributed by atoms with Crippen molar-refractivity contribution in [2.75, 3.05) is 6.61 Å². The van der Waals surface area contributed by atoms with E-state index >= 15 is 0 Å². The van der Waals surface area contributed by atoms with Crippen LogP contribution in [0.1, 0.15) is 24.8 Å². The highest BCUT2D eigenvalue weighted by Gasteiger charge is 2.40. The maximum Gasteiger partial charge on any atom is 0.0757 e. The van der Waals surface area contributed by atoms with E-state index in [4.69, 9.17) is 4.74 Å². The average molecular weight is 283 g/mol. The monoisotopic (exact) mass is 283 g/mol. The fourth-order valence-electron chi connectivity index (χ4n) is 3.14. The fourth-order valence-corrected chi connectivity index (χ4v) is 3.14. The van der Waals surface area contributed by atoms with Gasteiger partial charge in [-0.3, -0.25) is 0 Å². The van der Waals surface area contributed by atoms with Gasteiger partial charge in [0.1, 0.15) is 0 Å². The summed E-state index contributed by atoms with van der Waals surface area (Å²) in [7, 11) is 0. The minimum Gasteiger partial charge on any atom is -0.376 e. The molecule has 1 aromatic carbocycles. The Hall–Kier alpha value is -1.65. The van der Waals surface area contributed by atoms with Crippen molar-refractivity contribution in [1.82, 2.24) is 15.1 Å². The molecule has 4 rings (SSSR count). The van der Waals surface area contributed by atoms with Gasteiger partial charge in [-0.2, -0.15) is 5.10 Å². The summed E-state index contributed by atoms with van der Waals surface area (Å²) in [6.45, 7) is 1.77. The second-order valence-corrected chi connectivity index (χ2v) is 6.08. The van der Waals surface area contributed by atoms with Gasteiger partial charge >= 0.3 is 0 Å². The lowest BCUT2D eigenvalue weighted by molar-refractivity contribution is 0.0809. The van der Waals surface area contributed by atoms with Gasteiger partial charge in [-0.15, -0.1) is 0 Å². The predicted molar refractivity (Wildman–Crippen MR) is 81.3 cm³/mol. The number of hydrogen-bond acceptors (Lipinski definition) is 3. The van der Waals surface area contributed by atoms with Crippen molar-refractivity contribution >= 4 is 0 Å². The van der Waals surface area contributed by atoms with Gasteiger partial charge in [0.05, 0.1) is 18.0 Å². The molecular weight excluding hydrogens is 262 g/mol. The van der Waals surface area contributed by atoms with Crippen LogP contribution in [0.3, 0.4) is 0 Å². The predicted octanol–water partition coefficient (Wildman–Crippen LogP) is 2.53. The van der Waals surface area contributed by atoms with Crippen LogP contribution in [-0.4, -0.2) is 28.5 Å². The van der Waals surface area contributed by atoms with Crippen molar-refractivity contribution in [2.45, 2.75) is 38.0 Å². The Balaban J connectivity index is 1.38. The molecule has 21 heavy (non-hydrogen) atoms. The first kappa shape index (κ1) is 13.0. The van der Waals surface area contributed by atoms with Gasteiger partial charge in [0.2, 0.25) is 0 Å². The first-order valence-electron chi connectivity index (χ1n) is 7.84. The van der Waals surface area contributed by atoms with Crippen LogP contribution in [-0.2, 0) is 11.3 Å². The summed E-state index contributed by atoms with van der Waals surface area (Å²) in [6, 6.07) is 10.7. The minimum absolute atomic E-state index is 0.439. The molecule has 1 aromatic heterocycles. The number of hydrogen-bond donors (Lipinski definition) is 1. The molecule has 0 spiro atoms. The highest BCUT2D eigenvalue weighted by Crippen LogP contribution is 2.38. The van der Waals surface area contributed by atoms with Gasteiger partial charge in [-0.05, 0) is 37.3 Å². The van der Waals surface area contributed by atoms with Crippen LogP contribution >= 0.6 is 0 Å². The van der Waals surface area contributed by atoms with Crippen molar-refractivity contribution < 1.29 is 4.74 Å². The lowest BCUT2D eigenvalue weighted by atomic mass is 10.1. The van der Waals surface area contributed by atoms with Crippen molar-refractivity contribution in [3.8, 4) is 5.69 Å². The summed E-state index contributed by atoms with van der Waals surface area (Å²) >= 11 is 0. The zero-order valence-corrected chi connectivity index (χ0v) is 12.1. The SMILES string of the molecule is c1ccc(-n2cc(CNC3CCOC3C3CC3)cn2)cc1. The summed E-state index contributed by atoms with van der Waals surface area (Å²) in [5.74, 6) is 0.803. The number of nitrogens with one attached hydrogen (secondary N) is 1. The third-order valence-corrected chi connectivity index (χ3v) is 4.45. The first-order valence-corrected chi connectivity index (χ1v) is 7.84. The zero-order valence-electron chi connectivity index (χ0n) is 12.1. The lowest BCUT2D eigenvalue weighted by Crippen LogP contribution is -2.37. The van der Waals surface area contributed by atoms with E-state index in [9.17, 15) is 0 Å². The molecule has 1 aliphatic carbocycles. The summed E-state index contributed by atoms with van der Waals surface area (Å²) in [6.07, 6.45) is 8.30. The van der Waals surface area contributed by atoms with Crippen molar-refractivity contribution in [3.63, 3.8) is 0 Å². The summed E-state index contributed by atoms with van der Waals surface area (Å²) < 4.78 is 7.80. The molecule has 2 atom stereocenters. The van der Waals surface area contributed by atoms with Crippen LogP contribution in [0.25, 0.3) is 5.69 Å². The standard InChI is InChI=1S/C17H21N3O/c1-2-4-15(5-3-1)20-12-13(11-19-20)10-18-16-8-9-21-17(16)14-6-7-14/h1-5,11-12,14,16-18H,6-10H2. The molecule has 2 heterocycles. The van der Waals surface area contributed by atoms with Crippen molar-refractivity contribution in [3.05, 3.63) is 48.3 Å². The van der Waals surface area contributed by atoms with E-state index < -0.39 is 0 Å². The van der Waals surface area contributed by atoms with Gasteiger partial charge in [0, 0.05) is 31.0 Å². The highest BCUT2D eigenvalue weighted by atomic mass is 16.5. The second kappa shape index (κ2) is 5.62. The smallest absolute Gasteiger partial charge is 0.0757 e. The van der Waals surface area contributed by atoms with Gasteiger partial charge in [0.25, 0.3) is 0 Å². The minimum atomic E-state index is 0.439. The summed E-state index contributed by atoms with van der Waals surface area (Å²) in [5.41, 5.74) is 2.32. The third kappa shape index (κ3) is 2.87. The number of para-hydroxylation sites is 1. The molecule has 2 unspecified atom stereocenters. The van der Waals surface area contributed by atoms with Crippen LogP contribution in [0, 0.1) is 5.92 Å². The topological polar surface area (TPSA) is 39.1 Å². The second-order valence-electron chi connectivity index (χ2n) is 6.08. The fraction of sp³-hybridized carbons (Fsp3) is 0.471. The molecule has 1 aliphatic heterocycles. The van der Waals surface area contributed by atoms with Gasteiger partial charge in [-0.1, -0.05) is 18.2 Å². The molecule has 110 valence electrons. The number of nitrogens with zero attached hydrogens (tertiary/aromatic N) is 2. The third-order valence-electron chi connectivity index (χ3n) is 4.45. The van der Waals surface area contributed by atoms with E-state index in [2.05, 4.69) is 28.7 Å². The Labute approximate surface area is 125 Å². The molecule has 0 radical (unpaired) electrons. The van der Waals surface area contributed by atoms with Crippen LogP contribution in [0.5, 0.6) is 0 Å². The van der Waals surface area contributed by atoms with Crippen LogP contribution in [0.15, 0.2) is 42.7 Å². The lowest BCUT2D eigenvalue weighted by Gasteiger charge is -2.18. The number of rotatable bonds is 5. The Morgan fingerprint density at radius 3 is 2.86 bits per heavy atom. The molecule has 2 fully saturated rings. The van der Waals surface area contributed by atoms with Crippen molar-refractivity contribution in [2.24, 2.45) is 5.92 Å². The summed E-state index contributed by atoms with van der Waals surface area (Å²) in [5, 5.41) is 8.10. The normalized spacial score (nSPS) is 25.3. The van der Waals surface area contributed by atoms with Crippen LogP contribution in [0.4, 0.5) is 0 Å². The zero-order chi connectivity index (χ0) is 14.1. The van der Waals surface area contributed by atoms with Gasteiger partial charge in [0.15, 0.2) is 0 Å². The van der Waals surface area contributed by atoms with Crippen LogP contribution < -0.4 is 5.32 Å². The van der Waals surface area contributed by atoms with E-state index in [1.807, 2.05) is 29.1 Å². The van der Waals surface area contributed by atoms with Crippen LogP contribution in [0.2, 0.25) is 0 Å². The maximum absolute atomic E-state index is 5.87. The Morgan fingerprint density at radius 1 is 1.19 bits per heavy atom. The molecule has 2 aliphatic rings. The van der Waals surface area contributed by atoms with Gasteiger partial charge < -0.3 is 10.1 Å². The van der Waals surface area contributed by atoms with Crippen molar-refractivity contribution in [1.29, 1.82) is 0 Å². The molecule has 1 saturated heterocycles. The quantitative estimate of drug-likeness (QED) is 0.916. The van der Waals surface area contributed by atoms with E-state index in [1.54, 1.807) is 0 Å². The molecule has 4 heteroatoms. The largest absolute Gasteiger partial charge is 0.376 e. The number of ether oxygens (including phenoxy) is 1. The summed E-state index contributed by atoms with van der Waals surface area (Å²) in [4.78, 5) is 0. The highest BCUT2D eigenvalue weighted by molar-refractivity contribution is 5.30.